The maximum atomic E-state index is 13.0. The number of non-ortho nitro benzene ring substituents is 1. The van der Waals surface area contributed by atoms with E-state index in [9.17, 15) is 19.7 Å². The minimum absolute atomic E-state index is 0.164. The van der Waals surface area contributed by atoms with Crippen molar-refractivity contribution in [1.29, 1.82) is 0 Å². The van der Waals surface area contributed by atoms with E-state index in [1.54, 1.807) is 36.4 Å². The number of thioether (sulfide) groups is 1. The van der Waals surface area contributed by atoms with E-state index in [1.165, 1.54) is 47.4 Å². The number of carbonyl (C=O) groups excluding carboxylic acids is 2. The summed E-state index contributed by atoms with van der Waals surface area (Å²) in [4.78, 5) is 41.3. The van der Waals surface area contributed by atoms with Crippen molar-refractivity contribution in [2.45, 2.75) is 23.5 Å². The van der Waals surface area contributed by atoms with Crippen LogP contribution in [0.25, 0.3) is 11.3 Å². The van der Waals surface area contributed by atoms with Crippen LogP contribution in [0.4, 0.5) is 16.5 Å². The van der Waals surface area contributed by atoms with Crippen molar-refractivity contribution < 1.29 is 14.5 Å². The van der Waals surface area contributed by atoms with Crippen LogP contribution in [0.2, 0.25) is 10.0 Å². The second-order valence-corrected chi connectivity index (χ2v) is 10.9. The summed E-state index contributed by atoms with van der Waals surface area (Å²) < 4.78 is 0. The third-order valence-electron chi connectivity index (χ3n) is 5.29. The van der Waals surface area contributed by atoms with Gasteiger partial charge in [0.15, 0.2) is 5.13 Å². The second kappa shape index (κ2) is 12.4. The van der Waals surface area contributed by atoms with Gasteiger partial charge in [-0.1, -0.05) is 42.3 Å². The Kier molecular flexibility index (Phi) is 9.01. The molecule has 1 aromatic heterocycles. The van der Waals surface area contributed by atoms with E-state index in [0.29, 0.717) is 33.0 Å². The lowest BCUT2D eigenvalue weighted by Gasteiger charge is -2.14. The zero-order valence-corrected chi connectivity index (χ0v) is 23.0. The van der Waals surface area contributed by atoms with E-state index in [4.69, 9.17) is 23.2 Å². The van der Waals surface area contributed by atoms with Crippen LogP contribution in [0.3, 0.4) is 0 Å². The first-order valence-corrected chi connectivity index (χ1v) is 13.8. The van der Waals surface area contributed by atoms with Gasteiger partial charge >= 0.3 is 0 Å². The first kappa shape index (κ1) is 27.6. The molecule has 0 aliphatic heterocycles. The Morgan fingerprint density at radius 3 is 2.61 bits per heavy atom. The fourth-order valence-electron chi connectivity index (χ4n) is 3.44. The molecule has 194 valence electrons. The minimum atomic E-state index is -0.552. The van der Waals surface area contributed by atoms with Crippen molar-refractivity contribution in [3.63, 3.8) is 0 Å². The van der Waals surface area contributed by atoms with Gasteiger partial charge in [0, 0.05) is 44.2 Å². The number of carbonyl (C=O) groups is 2. The molecule has 1 unspecified atom stereocenters. The molecule has 4 rings (SSSR count). The molecular weight excluding hydrogens is 567 g/mol. The van der Waals surface area contributed by atoms with E-state index >= 15 is 0 Å². The maximum Gasteiger partial charge on any atom is 0.270 e. The number of nitro groups is 1. The summed E-state index contributed by atoms with van der Waals surface area (Å²) in [5.41, 5.74) is 1.87. The molecule has 3 aromatic carbocycles. The Morgan fingerprint density at radius 2 is 1.87 bits per heavy atom. The highest BCUT2D eigenvalue weighted by atomic mass is 35.5. The van der Waals surface area contributed by atoms with E-state index in [0.717, 1.165) is 10.5 Å². The number of nitrogens with zero attached hydrogens (tertiary/aromatic N) is 2. The zero-order valence-electron chi connectivity index (χ0n) is 19.8. The van der Waals surface area contributed by atoms with Gasteiger partial charge in [0.1, 0.15) is 0 Å². The molecule has 2 amide bonds. The molecule has 0 bridgehead atoms. The van der Waals surface area contributed by atoms with Crippen molar-refractivity contribution in [2.75, 3.05) is 10.6 Å². The Balaban J connectivity index is 1.41. The highest BCUT2D eigenvalue weighted by molar-refractivity contribution is 8.00. The van der Waals surface area contributed by atoms with Crippen molar-refractivity contribution >= 4 is 74.6 Å². The fraction of sp³-hybridized carbons (Fsp3) is 0.115. The molecule has 8 nitrogen and oxygen atoms in total. The molecule has 1 heterocycles. The Morgan fingerprint density at radius 1 is 1.08 bits per heavy atom. The number of amides is 2. The van der Waals surface area contributed by atoms with Crippen LogP contribution in [0.15, 0.2) is 77.0 Å². The number of nitro benzene ring substituents is 1. The molecule has 0 aliphatic carbocycles. The average Bonchev–Trinajstić information content (AvgIpc) is 3.35. The molecule has 2 N–H and O–H groups in total. The summed E-state index contributed by atoms with van der Waals surface area (Å²) in [6.07, 6.45) is 0.558. The van der Waals surface area contributed by atoms with Crippen LogP contribution in [-0.4, -0.2) is 27.0 Å². The van der Waals surface area contributed by atoms with E-state index < -0.39 is 16.1 Å². The van der Waals surface area contributed by atoms with Crippen LogP contribution >= 0.6 is 46.3 Å². The summed E-state index contributed by atoms with van der Waals surface area (Å²) in [5.74, 6) is -0.673. The summed E-state index contributed by atoms with van der Waals surface area (Å²) in [6.45, 7) is 1.91. The number of thiazole rings is 1. The largest absolute Gasteiger partial charge is 0.322 e. The van der Waals surface area contributed by atoms with Crippen molar-refractivity contribution in [3.8, 4) is 11.3 Å². The summed E-state index contributed by atoms with van der Waals surface area (Å²) in [6, 6.07) is 17.7. The van der Waals surface area contributed by atoms with Crippen molar-refractivity contribution in [3.05, 3.63) is 97.8 Å². The van der Waals surface area contributed by atoms with Crippen LogP contribution in [0.5, 0.6) is 0 Å². The number of aromatic nitrogens is 1. The third kappa shape index (κ3) is 6.90. The topological polar surface area (TPSA) is 114 Å². The van der Waals surface area contributed by atoms with Gasteiger partial charge in [-0.05, 0) is 48.9 Å². The first-order valence-electron chi connectivity index (χ1n) is 11.3. The molecule has 0 aliphatic rings. The molecular formula is C26H20Cl2N4O4S2. The first-order chi connectivity index (χ1) is 18.2. The molecule has 38 heavy (non-hydrogen) atoms. The summed E-state index contributed by atoms with van der Waals surface area (Å²) in [5, 5.41) is 19.5. The van der Waals surface area contributed by atoms with Crippen LogP contribution < -0.4 is 10.6 Å². The monoisotopic (exact) mass is 586 g/mol. The predicted octanol–water partition coefficient (Wildman–Crippen LogP) is 7.79. The smallest absolute Gasteiger partial charge is 0.270 e. The molecule has 0 spiro atoms. The maximum absolute atomic E-state index is 13.0. The molecule has 4 aromatic rings. The minimum Gasteiger partial charge on any atom is -0.322 e. The Hall–Kier alpha value is -3.44. The Labute approximate surface area is 236 Å². The van der Waals surface area contributed by atoms with Gasteiger partial charge in [-0.15, -0.1) is 23.1 Å². The molecule has 12 heteroatoms. The summed E-state index contributed by atoms with van der Waals surface area (Å²) >= 11 is 14.9. The van der Waals surface area contributed by atoms with E-state index in [2.05, 4.69) is 15.6 Å². The Bertz CT molecular complexity index is 1510. The standard InChI is InChI=1S/C26H20Cl2N4O4S2/c1-2-23(25(34)31-26-30-22(14-37-26)20-10-9-16(27)12-21(20)28)38-19-8-4-6-17(13-19)29-24(33)15-5-3-7-18(11-15)32(35)36/h3-14,23H,2H2,1H3,(H,29,33)(H,30,31,34). The van der Waals surface area contributed by atoms with Gasteiger partial charge in [0.2, 0.25) is 5.91 Å². The molecule has 0 saturated carbocycles. The van der Waals surface area contributed by atoms with Gasteiger partial charge in [-0.2, -0.15) is 0 Å². The molecule has 0 radical (unpaired) electrons. The average molecular weight is 588 g/mol. The lowest BCUT2D eigenvalue weighted by Crippen LogP contribution is -2.24. The number of anilines is 2. The van der Waals surface area contributed by atoms with Crippen LogP contribution in [0, 0.1) is 10.1 Å². The lowest BCUT2D eigenvalue weighted by atomic mass is 10.2. The van der Waals surface area contributed by atoms with Gasteiger partial charge < -0.3 is 10.6 Å². The van der Waals surface area contributed by atoms with Gasteiger partial charge in [-0.3, -0.25) is 19.7 Å². The SMILES string of the molecule is CCC(Sc1cccc(NC(=O)c2cccc([N+](=O)[O-])c2)c1)C(=O)Nc1nc(-c2ccc(Cl)cc2Cl)cs1. The number of hydrogen-bond acceptors (Lipinski definition) is 7. The number of halogens is 2. The van der Waals surface area contributed by atoms with Crippen LogP contribution in [-0.2, 0) is 4.79 Å². The summed E-state index contributed by atoms with van der Waals surface area (Å²) in [7, 11) is 0. The highest BCUT2D eigenvalue weighted by Gasteiger charge is 2.20. The van der Waals surface area contributed by atoms with Crippen molar-refractivity contribution in [1.82, 2.24) is 4.98 Å². The van der Waals surface area contributed by atoms with Gasteiger partial charge in [-0.25, -0.2) is 4.98 Å². The molecule has 1 atom stereocenters. The number of rotatable bonds is 9. The number of hydrogen-bond donors (Lipinski definition) is 2. The zero-order chi connectivity index (χ0) is 27.2. The van der Waals surface area contributed by atoms with E-state index in [1.807, 2.05) is 18.4 Å². The molecule has 0 fully saturated rings. The number of benzene rings is 3. The molecule has 0 saturated heterocycles. The lowest BCUT2D eigenvalue weighted by molar-refractivity contribution is -0.384. The van der Waals surface area contributed by atoms with Crippen molar-refractivity contribution in [2.24, 2.45) is 0 Å². The quantitative estimate of drug-likeness (QED) is 0.117. The van der Waals surface area contributed by atoms with Gasteiger partial charge in [0.05, 0.1) is 20.9 Å². The van der Waals surface area contributed by atoms with Gasteiger partial charge in [0.25, 0.3) is 11.6 Å². The highest BCUT2D eigenvalue weighted by Crippen LogP contribution is 2.33. The second-order valence-electron chi connectivity index (χ2n) is 7.96. The van der Waals surface area contributed by atoms with E-state index in [-0.39, 0.29) is 17.2 Å². The third-order valence-corrected chi connectivity index (χ3v) is 7.96. The van der Waals surface area contributed by atoms with Crippen LogP contribution in [0.1, 0.15) is 23.7 Å². The fourth-order valence-corrected chi connectivity index (χ4v) is 5.67. The number of nitrogens with one attached hydrogen (secondary N) is 2. The normalized spacial score (nSPS) is 11.6. The predicted molar refractivity (Wildman–Crippen MR) is 154 cm³/mol.